The topological polar surface area (TPSA) is 123 Å². The molecule has 1 atom stereocenters. The van der Waals surface area contributed by atoms with Crippen molar-refractivity contribution in [3.63, 3.8) is 0 Å². The van der Waals surface area contributed by atoms with Gasteiger partial charge in [0, 0.05) is 6.20 Å². The lowest BCUT2D eigenvalue weighted by molar-refractivity contribution is -0.132. The Morgan fingerprint density at radius 1 is 1.07 bits per heavy atom. The van der Waals surface area contributed by atoms with Gasteiger partial charge in [0.25, 0.3) is 5.78 Å². The Labute approximate surface area is 240 Å². The maximum Gasteiger partial charge on any atom is 0.350 e. The minimum Gasteiger partial charge on any atom is -0.505 e. The second-order valence-electron chi connectivity index (χ2n) is 9.65. The van der Waals surface area contributed by atoms with E-state index in [1.807, 2.05) is 36.6 Å². The summed E-state index contributed by atoms with van der Waals surface area (Å²) in [5.41, 5.74) is 3.14. The molecule has 0 radical (unpaired) electrons. The summed E-state index contributed by atoms with van der Waals surface area (Å²) < 4.78 is 12.7. The van der Waals surface area contributed by atoms with E-state index in [1.165, 1.54) is 4.90 Å². The molecule has 41 heavy (non-hydrogen) atoms. The minimum absolute atomic E-state index is 0.119. The van der Waals surface area contributed by atoms with E-state index in [-0.39, 0.29) is 33.6 Å². The fraction of sp³-hybridized carbons (Fsp3) is 0.300. The van der Waals surface area contributed by atoms with Crippen molar-refractivity contribution in [3.8, 4) is 5.75 Å². The highest BCUT2D eigenvalue weighted by atomic mass is 32.1. The smallest absolute Gasteiger partial charge is 0.350 e. The predicted molar refractivity (Wildman–Crippen MR) is 154 cm³/mol. The van der Waals surface area contributed by atoms with Gasteiger partial charge in [0.15, 0.2) is 10.9 Å². The lowest BCUT2D eigenvalue weighted by atomic mass is 9.96. The van der Waals surface area contributed by atoms with Crippen molar-refractivity contribution < 1.29 is 29.0 Å². The Kier molecular flexibility index (Phi) is 7.63. The first kappa shape index (κ1) is 28.0. The normalized spacial score (nSPS) is 16.5. The molecule has 1 aromatic carbocycles. The molecule has 0 aliphatic carbocycles. The molecule has 3 aromatic heterocycles. The molecule has 1 amide bonds. The van der Waals surface area contributed by atoms with Crippen molar-refractivity contribution >= 4 is 45.5 Å². The molecule has 0 spiro atoms. The number of hydrogen-bond acceptors (Lipinski definition) is 9. The molecule has 1 unspecified atom stereocenters. The van der Waals surface area contributed by atoms with Gasteiger partial charge in [-0.15, -0.1) is 0 Å². The van der Waals surface area contributed by atoms with Crippen LogP contribution in [-0.2, 0) is 14.3 Å². The Hall–Kier alpha value is -4.51. The van der Waals surface area contributed by atoms with Crippen LogP contribution in [0.1, 0.15) is 64.2 Å². The number of thiazole rings is 1. The zero-order valence-corrected chi connectivity index (χ0v) is 24.2. The first-order chi connectivity index (χ1) is 19.7. The van der Waals surface area contributed by atoms with Crippen LogP contribution < -0.4 is 9.64 Å². The number of Topliss-reactive ketones (excluding diaryl/α,β-unsaturated/α-hetero) is 1. The van der Waals surface area contributed by atoms with Gasteiger partial charge < -0.3 is 19.0 Å². The summed E-state index contributed by atoms with van der Waals surface area (Å²) in [5.74, 6) is -2.06. The highest BCUT2D eigenvalue weighted by Crippen LogP contribution is 2.44. The summed E-state index contributed by atoms with van der Waals surface area (Å²) in [6, 6.07) is 9.74. The summed E-state index contributed by atoms with van der Waals surface area (Å²) in [5, 5.41) is 11.8. The van der Waals surface area contributed by atoms with Gasteiger partial charge in [-0.05, 0) is 63.4 Å². The van der Waals surface area contributed by atoms with Gasteiger partial charge in [0.05, 0.1) is 36.2 Å². The van der Waals surface area contributed by atoms with Gasteiger partial charge in [0.2, 0.25) is 0 Å². The Morgan fingerprint density at radius 3 is 2.46 bits per heavy atom. The van der Waals surface area contributed by atoms with E-state index < -0.39 is 23.7 Å². The average molecular weight is 575 g/mol. The van der Waals surface area contributed by atoms with Crippen molar-refractivity contribution in [2.24, 2.45) is 0 Å². The number of esters is 1. The number of anilines is 1. The van der Waals surface area contributed by atoms with Gasteiger partial charge >= 0.3 is 11.9 Å². The molecule has 1 aliphatic rings. The van der Waals surface area contributed by atoms with Gasteiger partial charge in [-0.3, -0.25) is 14.5 Å². The summed E-state index contributed by atoms with van der Waals surface area (Å²) in [6.45, 7) is 9.75. The van der Waals surface area contributed by atoms with Crippen LogP contribution in [0.15, 0.2) is 48.2 Å². The zero-order chi connectivity index (χ0) is 29.4. The van der Waals surface area contributed by atoms with Gasteiger partial charge in [-0.2, -0.15) is 0 Å². The van der Waals surface area contributed by atoms with E-state index in [2.05, 4.69) is 9.97 Å². The quantitative estimate of drug-likeness (QED) is 0.130. The number of aliphatic hydroxyl groups is 1. The second-order valence-corrected chi connectivity index (χ2v) is 10.6. The van der Waals surface area contributed by atoms with Crippen LogP contribution >= 0.6 is 11.3 Å². The second kappa shape index (κ2) is 11.2. The SMILES string of the molecule is CCCOc1ccc(C2/C(=C(\O)c3nc4c(C)cccn4c3C)C(=O)C(=O)N2c2nc(C)c(C(=O)OCC)s2)cc1. The molecule has 4 aromatic rings. The maximum absolute atomic E-state index is 13.6. The predicted octanol–water partition coefficient (Wildman–Crippen LogP) is 5.31. The van der Waals surface area contributed by atoms with Crippen LogP contribution in [0.4, 0.5) is 5.13 Å². The standard InChI is InChI=1S/C30H30N4O6S/c1-6-15-40-20-12-10-19(11-13-20)23-21(24(35)22-18(5)33-14-8-9-16(3)27(33)32-22)25(36)28(37)34(23)30-31-17(4)26(41-30)29(38)39-7-2/h8-14,23,35H,6-7,15H2,1-5H3/b24-21+. The zero-order valence-electron chi connectivity index (χ0n) is 23.4. The number of carbonyl (C=O) groups excluding carboxylic acids is 3. The Balaban J connectivity index is 1.70. The van der Waals surface area contributed by atoms with E-state index in [4.69, 9.17) is 9.47 Å². The monoisotopic (exact) mass is 574 g/mol. The van der Waals surface area contributed by atoms with Crippen molar-refractivity contribution in [2.75, 3.05) is 18.1 Å². The molecule has 1 N–H and O–H groups in total. The van der Waals surface area contributed by atoms with E-state index in [1.54, 1.807) is 45.0 Å². The molecule has 5 rings (SSSR count). The molecule has 1 aliphatic heterocycles. The third kappa shape index (κ3) is 4.86. The van der Waals surface area contributed by atoms with Crippen LogP contribution in [0.25, 0.3) is 11.4 Å². The molecule has 1 fully saturated rings. The van der Waals surface area contributed by atoms with E-state index in [0.29, 0.717) is 35.0 Å². The molecule has 4 heterocycles. The third-order valence-corrected chi connectivity index (χ3v) is 8.01. The number of nitrogens with zero attached hydrogens (tertiary/aromatic N) is 4. The number of ether oxygens (including phenoxy) is 2. The Morgan fingerprint density at radius 2 is 1.80 bits per heavy atom. The number of ketones is 1. The largest absolute Gasteiger partial charge is 0.505 e. The van der Waals surface area contributed by atoms with Crippen molar-refractivity contribution in [3.05, 3.63) is 81.3 Å². The van der Waals surface area contributed by atoms with E-state index in [9.17, 15) is 19.5 Å². The minimum atomic E-state index is -1.03. The van der Waals surface area contributed by atoms with E-state index in [0.717, 1.165) is 23.3 Å². The number of imidazole rings is 1. The molecule has 0 bridgehead atoms. The summed E-state index contributed by atoms with van der Waals surface area (Å²) in [7, 11) is 0. The molecule has 11 heteroatoms. The van der Waals surface area contributed by atoms with Crippen LogP contribution in [0.5, 0.6) is 5.75 Å². The fourth-order valence-electron chi connectivity index (χ4n) is 4.86. The average Bonchev–Trinajstić information content (AvgIpc) is 3.59. The molecule has 10 nitrogen and oxygen atoms in total. The lowest BCUT2D eigenvalue weighted by Crippen LogP contribution is -2.29. The molecule has 1 saturated heterocycles. The summed E-state index contributed by atoms with van der Waals surface area (Å²) in [4.78, 5) is 50.3. The number of fused-ring (bicyclic) bond motifs is 1. The van der Waals surface area contributed by atoms with Crippen molar-refractivity contribution in [2.45, 2.75) is 47.1 Å². The third-order valence-electron chi connectivity index (χ3n) is 6.87. The first-order valence-electron chi connectivity index (χ1n) is 13.3. The van der Waals surface area contributed by atoms with Crippen LogP contribution in [0, 0.1) is 20.8 Å². The number of rotatable bonds is 8. The highest BCUT2D eigenvalue weighted by molar-refractivity contribution is 7.17. The number of hydrogen-bond donors (Lipinski definition) is 1. The number of benzene rings is 1. The van der Waals surface area contributed by atoms with Crippen molar-refractivity contribution in [1.82, 2.24) is 14.4 Å². The van der Waals surface area contributed by atoms with Gasteiger partial charge in [-0.1, -0.05) is 36.5 Å². The number of aliphatic hydroxyl groups excluding tert-OH is 1. The molecule has 212 valence electrons. The van der Waals surface area contributed by atoms with Gasteiger partial charge in [0.1, 0.15) is 22.0 Å². The highest BCUT2D eigenvalue weighted by Gasteiger charge is 2.49. The number of aromatic nitrogens is 3. The van der Waals surface area contributed by atoms with Gasteiger partial charge in [-0.25, -0.2) is 14.8 Å². The molecular formula is C30H30N4O6S. The summed E-state index contributed by atoms with van der Waals surface area (Å²) in [6.07, 6.45) is 2.66. The van der Waals surface area contributed by atoms with Crippen LogP contribution in [-0.4, -0.2) is 50.3 Å². The molecule has 0 saturated carbocycles. The Bertz CT molecular complexity index is 1700. The van der Waals surface area contributed by atoms with E-state index >= 15 is 0 Å². The van der Waals surface area contributed by atoms with Crippen LogP contribution in [0.2, 0.25) is 0 Å². The first-order valence-corrected chi connectivity index (χ1v) is 14.1. The van der Waals surface area contributed by atoms with Crippen LogP contribution in [0.3, 0.4) is 0 Å². The lowest BCUT2D eigenvalue weighted by Gasteiger charge is -2.23. The number of carbonyl (C=O) groups is 3. The maximum atomic E-state index is 13.6. The summed E-state index contributed by atoms with van der Waals surface area (Å²) >= 11 is 0.960. The fourth-order valence-corrected chi connectivity index (χ4v) is 5.84. The number of amides is 1. The number of aryl methyl sites for hydroxylation is 3. The van der Waals surface area contributed by atoms with Crippen molar-refractivity contribution in [1.29, 1.82) is 0 Å². The number of pyridine rings is 1. The molecular weight excluding hydrogens is 544 g/mol.